The molecular weight excluding hydrogens is 330 g/mol. The number of hydrogen-bond donors (Lipinski definition) is 0. The highest BCUT2D eigenvalue weighted by atomic mass is 32.2. The van der Waals surface area contributed by atoms with Crippen molar-refractivity contribution >= 4 is 21.5 Å². The van der Waals surface area contributed by atoms with Crippen LogP contribution in [-0.4, -0.2) is 14.2 Å². The van der Waals surface area contributed by atoms with E-state index < -0.39 is 9.84 Å². The van der Waals surface area contributed by atoms with Crippen molar-refractivity contribution in [3.63, 3.8) is 0 Å². The molecule has 0 radical (unpaired) electrons. The van der Waals surface area contributed by atoms with Crippen molar-refractivity contribution in [3.05, 3.63) is 64.7 Å². The minimum absolute atomic E-state index is 0.146. The number of sulfone groups is 1. The van der Waals surface area contributed by atoms with Crippen LogP contribution in [0.25, 0.3) is 11.6 Å². The van der Waals surface area contributed by atoms with Crippen LogP contribution < -0.4 is 0 Å². The Morgan fingerprint density at radius 1 is 1.16 bits per heavy atom. The average Bonchev–Trinajstić information content (AvgIpc) is 2.59. The van der Waals surface area contributed by atoms with E-state index in [2.05, 4.69) is 26.0 Å². The van der Waals surface area contributed by atoms with Gasteiger partial charge in [-0.2, -0.15) is 5.26 Å². The standard InChI is InChI=1S/C21H21NO2S/c1-15(18-7-4-16(14-22)5-8-18)12-17-6-9-20-19(13-17)21(2,3)10-11-25(20,23)24/h4-9,12-13H,10-11H2,1-3H3. The summed E-state index contributed by atoms with van der Waals surface area (Å²) in [5.41, 5.74) is 4.50. The van der Waals surface area contributed by atoms with Crippen LogP contribution in [0.15, 0.2) is 47.4 Å². The van der Waals surface area contributed by atoms with Crippen molar-refractivity contribution in [1.82, 2.24) is 0 Å². The van der Waals surface area contributed by atoms with Crippen molar-refractivity contribution in [2.24, 2.45) is 0 Å². The maximum absolute atomic E-state index is 12.3. The molecule has 0 saturated heterocycles. The van der Waals surface area contributed by atoms with Gasteiger partial charge in [0.2, 0.25) is 0 Å². The number of benzene rings is 2. The van der Waals surface area contributed by atoms with Gasteiger partial charge >= 0.3 is 0 Å². The summed E-state index contributed by atoms with van der Waals surface area (Å²) in [5.74, 6) is 0.215. The fraction of sp³-hybridized carbons (Fsp3) is 0.286. The van der Waals surface area contributed by atoms with Gasteiger partial charge in [-0.3, -0.25) is 0 Å². The molecule has 0 saturated carbocycles. The summed E-state index contributed by atoms with van der Waals surface area (Å²) in [6.07, 6.45) is 2.70. The first-order chi connectivity index (χ1) is 11.7. The largest absolute Gasteiger partial charge is 0.224 e. The van der Waals surface area contributed by atoms with Crippen LogP contribution in [0.1, 0.15) is 49.4 Å². The number of nitrogens with zero attached hydrogens (tertiary/aromatic N) is 1. The third-order valence-corrected chi connectivity index (χ3v) is 6.68. The zero-order chi connectivity index (χ0) is 18.2. The summed E-state index contributed by atoms with van der Waals surface area (Å²) in [4.78, 5) is 0.469. The summed E-state index contributed by atoms with van der Waals surface area (Å²) < 4.78 is 24.7. The lowest BCUT2D eigenvalue weighted by Gasteiger charge is -2.32. The fourth-order valence-electron chi connectivity index (χ4n) is 3.21. The van der Waals surface area contributed by atoms with E-state index in [1.54, 1.807) is 18.2 Å². The quantitative estimate of drug-likeness (QED) is 0.745. The van der Waals surface area contributed by atoms with Crippen molar-refractivity contribution in [2.75, 3.05) is 5.75 Å². The second-order valence-electron chi connectivity index (χ2n) is 7.22. The molecule has 3 nitrogen and oxygen atoms in total. The normalized spacial score (nSPS) is 18.2. The van der Waals surface area contributed by atoms with Crippen molar-refractivity contribution in [3.8, 4) is 6.07 Å². The smallest absolute Gasteiger partial charge is 0.178 e. The fourth-order valence-corrected chi connectivity index (χ4v) is 5.16. The van der Waals surface area contributed by atoms with Gasteiger partial charge in [0, 0.05) is 0 Å². The van der Waals surface area contributed by atoms with E-state index in [9.17, 15) is 8.42 Å². The third-order valence-electron chi connectivity index (χ3n) is 4.92. The second-order valence-corrected chi connectivity index (χ2v) is 9.30. The van der Waals surface area contributed by atoms with Crippen molar-refractivity contribution in [2.45, 2.75) is 37.5 Å². The first kappa shape index (κ1) is 17.4. The molecule has 0 aliphatic carbocycles. The Kier molecular flexibility index (Phi) is 4.30. The Labute approximate surface area is 149 Å². The third kappa shape index (κ3) is 3.38. The van der Waals surface area contributed by atoms with Gasteiger partial charge < -0.3 is 0 Å². The molecular formula is C21H21NO2S. The number of fused-ring (bicyclic) bond motifs is 1. The van der Waals surface area contributed by atoms with E-state index in [0.29, 0.717) is 16.9 Å². The number of nitriles is 1. The zero-order valence-corrected chi connectivity index (χ0v) is 15.5. The molecule has 0 amide bonds. The van der Waals surface area contributed by atoms with Gasteiger partial charge in [-0.15, -0.1) is 0 Å². The first-order valence-electron chi connectivity index (χ1n) is 8.29. The lowest BCUT2D eigenvalue weighted by Crippen LogP contribution is -2.30. The van der Waals surface area contributed by atoms with Gasteiger partial charge in [-0.1, -0.05) is 38.1 Å². The highest BCUT2D eigenvalue weighted by molar-refractivity contribution is 7.91. The van der Waals surface area contributed by atoms with Gasteiger partial charge in [-0.25, -0.2) is 8.42 Å². The molecule has 2 aromatic rings. The van der Waals surface area contributed by atoms with E-state index >= 15 is 0 Å². The van der Waals surface area contributed by atoms with Gasteiger partial charge in [0.15, 0.2) is 9.84 Å². The molecule has 25 heavy (non-hydrogen) atoms. The molecule has 1 heterocycles. The van der Waals surface area contributed by atoms with E-state index in [0.717, 1.165) is 22.3 Å². The first-order valence-corrected chi connectivity index (χ1v) is 9.94. The molecule has 3 rings (SSSR count). The molecule has 0 atom stereocenters. The van der Waals surface area contributed by atoms with Gasteiger partial charge in [0.05, 0.1) is 22.3 Å². The van der Waals surface area contributed by atoms with Crippen LogP contribution in [0.5, 0.6) is 0 Å². The maximum atomic E-state index is 12.3. The minimum Gasteiger partial charge on any atom is -0.224 e. The number of rotatable bonds is 2. The van der Waals surface area contributed by atoms with Crippen LogP contribution in [0.2, 0.25) is 0 Å². The Hall–Kier alpha value is -2.38. The van der Waals surface area contributed by atoms with E-state index in [1.165, 1.54) is 0 Å². The van der Waals surface area contributed by atoms with Crippen LogP contribution in [0, 0.1) is 11.3 Å². The molecule has 1 aliphatic rings. The lowest BCUT2D eigenvalue weighted by molar-refractivity contribution is 0.473. The molecule has 0 bridgehead atoms. The van der Waals surface area contributed by atoms with E-state index in [1.807, 2.05) is 31.2 Å². The van der Waals surface area contributed by atoms with Crippen LogP contribution in [-0.2, 0) is 15.3 Å². The summed E-state index contributed by atoms with van der Waals surface area (Å²) in [6, 6.07) is 15.2. The topological polar surface area (TPSA) is 57.9 Å². The van der Waals surface area contributed by atoms with Crippen LogP contribution in [0.3, 0.4) is 0 Å². The predicted octanol–water partition coefficient (Wildman–Crippen LogP) is 4.57. The molecule has 0 N–H and O–H groups in total. The molecule has 0 fully saturated rings. The summed E-state index contributed by atoms with van der Waals surface area (Å²) in [6.45, 7) is 6.21. The van der Waals surface area contributed by atoms with Crippen LogP contribution >= 0.6 is 0 Å². The Morgan fingerprint density at radius 2 is 1.84 bits per heavy atom. The van der Waals surface area contributed by atoms with Crippen molar-refractivity contribution < 1.29 is 8.42 Å². The molecule has 0 unspecified atom stereocenters. The second kappa shape index (κ2) is 6.16. The van der Waals surface area contributed by atoms with Gasteiger partial charge in [0.25, 0.3) is 0 Å². The molecule has 4 heteroatoms. The highest BCUT2D eigenvalue weighted by Gasteiger charge is 2.35. The summed E-state index contributed by atoms with van der Waals surface area (Å²) >= 11 is 0. The summed E-state index contributed by atoms with van der Waals surface area (Å²) in [7, 11) is -3.17. The van der Waals surface area contributed by atoms with Crippen LogP contribution in [0.4, 0.5) is 0 Å². The summed E-state index contributed by atoms with van der Waals surface area (Å²) in [5, 5.41) is 8.89. The van der Waals surface area contributed by atoms with E-state index in [-0.39, 0.29) is 11.2 Å². The molecule has 128 valence electrons. The maximum Gasteiger partial charge on any atom is 0.178 e. The lowest BCUT2D eigenvalue weighted by atomic mass is 9.81. The monoisotopic (exact) mass is 351 g/mol. The predicted molar refractivity (Wildman–Crippen MR) is 101 cm³/mol. The molecule has 2 aromatic carbocycles. The SMILES string of the molecule is CC(=Cc1ccc2c(c1)C(C)(C)CCS2(=O)=O)c1ccc(C#N)cc1. The van der Waals surface area contributed by atoms with E-state index in [4.69, 9.17) is 5.26 Å². The number of allylic oxidation sites excluding steroid dienone is 1. The number of hydrogen-bond acceptors (Lipinski definition) is 3. The van der Waals surface area contributed by atoms with Gasteiger partial charge in [0.1, 0.15) is 0 Å². The molecule has 0 spiro atoms. The van der Waals surface area contributed by atoms with Crippen molar-refractivity contribution in [1.29, 1.82) is 5.26 Å². The zero-order valence-electron chi connectivity index (χ0n) is 14.7. The Balaban J connectivity index is 2.03. The average molecular weight is 351 g/mol. The van der Waals surface area contributed by atoms with Gasteiger partial charge in [-0.05, 0) is 65.3 Å². The Morgan fingerprint density at radius 3 is 2.48 bits per heavy atom. The minimum atomic E-state index is -3.17. The Bertz CT molecular complexity index is 991. The molecule has 1 aliphatic heterocycles. The highest BCUT2D eigenvalue weighted by Crippen LogP contribution is 2.39. The molecule has 0 aromatic heterocycles.